The van der Waals surface area contributed by atoms with Crippen LogP contribution < -0.4 is 9.47 Å². The van der Waals surface area contributed by atoms with Crippen LogP contribution >= 0.6 is 0 Å². The zero-order valence-corrected chi connectivity index (χ0v) is 19.0. The maximum atomic E-state index is 9.76. The van der Waals surface area contributed by atoms with Crippen molar-refractivity contribution in [3.63, 3.8) is 0 Å². The minimum Gasteiger partial charge on any atom is -0.494 e. The fraction of sp³-hybridized carbons (Fsp3) is 0.269. The Labute approximate surface area is 201 Å². The van der Waals surface area contributed by atoms with Gasteiger partial charge in [-0.15, -0.1) is 0 Å². The molecule has 0 spiro atoms. The summed E-state index contributed by atoms with van der Waals surface area (Å²) in [7, 11) is 1.47. The van der Waals surface area contributed by atoms with E-state index in [4.69, 9.17) is 18.6 Å². The van der Waals surface area contributed by atoms with Gasteiger partial charge in [0.2, 0.25) is 0 Å². The molecule has 0 saturated carbocycles. The fourth-order valence-electron chi connectivity index (χ4n) is 4.08. The minimum atomic E-state index is -1.66. The first-order chi connectivity index (χ1) is 17.1. The SMILES string of the molecule is COc1cc(C(O)O)cnc1-c1cc2nccc(-c3ccc(OC4CCOCC4)c(C#N)c3)c2o1. The van der Waals surface area contributed by atoms with Crippen LogP contribution in [0.25, 0.3) is 33.7 Å². The van der Waals surface area contributed by atoms with Gasteiger partial charge in [-0.2, -0.15) is 5.26 Å². The number of nitrogens with zero attached hydrogens (tertiary/aromatic N) is 3. The van der Waals surface area contributed by atoms with E-state index in [9.17, 15) is 15.5 Å². The van der Waals surface area contributed by atoms with Crippen LogP contribution in [0.1, 0.15) is 30.3 Å². The van der Waals surface area contributed by atoms with E-state index < -0.39 is 6.29 Å². The molecule has 1 aliphatic rings. The minimum absolute atomic E-state index is 0.0304. The van der Waals surface area contributed by atoms with E-state index in [1.165, 1.54) is 19.4 Å². The number of ether oxygens (including phenoxy) is 3. The normalized spacial score (nSPS) is 14.3. The van der Waals surface area contributed by atoms with E-state index in [0.29, 0.717) is 52.8 Å². The topological polar surface area (TPSA) is 131 Å². The van der Waals surface area contributed by atoms with Gasteiger partial charge in [0.25, 0.3) is 0 Å². The van der Waals surface area contributed by atoms with Gasteiger partial charge in [-0.25, -0.2) is 4.98 Å². The first-order valence-corrected chi connectivity index (χ1v) is 11.2. The molecule has 4 heterocycles. The van der Waals surface area contributed by atoms with Crippen molar-refractivity contribution in [1.82, 2.24) is 9.97 Å². The second kappa shape index (κ2) is 9.72. The predicted molar refractivity (Wildman–Crippen MR) is 126 cm³/mol. The van der Waals surface area contributed by atoms with Crippen molar-refractivity contribution in [3.8, 4) is 40.1 Å². The summed E-state index contributed by atoms with van der Waals surface area (Å²) < 4.78 is 23.0. The second-order valence-electron chi connectivity index (χ2n) is 8.13. The number of pyridine rings is 2. The van der Waals surface area contributed by atoms with E-state index >= 15 is 0 Å². The predicted octanol–water partition coefficient (Wildman–Crippen LogP) is 3.98. The highest BCUT2D eigenvalue weighted by Gasteiger charge is 2.20. The van der Waals surface area contributed by atoms with Gasteiger partial charge in [-0.1, -0.05) is 6.07 Å². The van der Waals surface area contributed by atoms with Gasteiger partial charge in [-0.05, 0) is 29.8 Å². The van der Waals surface area contributed by atoms with Crippen LogP contribution in [0.4, 0.5) is 0 Å². The first-order valence-electron chi connectivity index (χ1n) is 11.2. The fourth-order valence-corrected chi connectivity index (χ4v) is 4.08. The largest absolute Gasteiger partial charge is 0.494 e. The average molecular weight is 473 g/mol. The summed E-state index contributed by atoms with van der Waals surface area (Å²) in [4.78, 5) is 8.71. The lowest BCUT2D eigenvalue weighted by atomic mass is 10.0. The molecule has 4 aromatic rings. The molecule has 35 heavy (non-hydrogen) atoms. The number of aliphatic hydroxyl groups is 2. The highest BCUT2D eigenvalue weighted by molar-refractivity contribution is 5.92. The zero-order valence-electron chi connectivity index (χ0n) is 19.0. The number of benzene rings is 1. The molecule has 5 rings (SSSR count). The summed E-state index contributed by atoms with van der Waals surface area (Å²) in [6.07, 6.45) is 2.97. The summed E-state index contributed by atoms with van der Waals surface area (Å²) in [5.74, 6) is 1.29. The van der Waals surface area contributed by atoms with Gasteiger partial charge in [0.15, 0.2) is 17.6 Å². The third-order valence-electron chi connectivity index (χ3n) is 5.91. The van der Waals surface area contributed by atoms with E-state index in [2.05, 4.69) is 16.0 Å². The lowest BCUT2D eigenvalue weighted by molar-refractivity contribution is -0.0428. The monoisotopic (exact) mass is 473 g/mol. The maximum Gasteiger partial charge on any atom is 0.180 e. The Bertz CT molecular complexity index is 1400. The van der Waals surface area contributed by atoms with Gasteiger partial charge >= 0.3 is 0 Å². The summed E-state index contributed by atoms with van der Waals surface area (Å²) >= 11 is 0. The molecule has 178 valence electrons. The van der Waals surface area contributed by atoms with E-state index in [1.54, 1.807) is 18.3 Å². The van der Waals surface area contributed by atoms with Gasteiger partial charge in [-0.3, -0.25) is 4.98 Å². The van der Waals surface area contributed by atoms with Crippen LogP contribution in [-0.4, -0.2) is 46.6 Å². The van der Waals surface area contributed by atoms with E-state index in [-0.39, 0.29) is 11.7 Å². The molecule has 9 nitrogen and oxygen atoms in total. The van der Waals surface area contributed by atoms with Crippen LogP contribution in [0.15, 0.2) is 53.2 Å². The number of furan rings is 1. The number of nitriles is 1. The number of aromatic nitrogens is 2. The summed E-state index contributed by atoms with van der Waals surface area (Å²) in [6, 6.07) is 12.8. The zero-order chi connectivity index (χ0) is 24.4. The smallest absolute Gasteiger partial charge is 0.180 e. The van der Waals surface area contributed by atoms with Gasteiger partial charge in [0.05, 0.1) is 25.9 Å². The Morgan fingerprint density at radius 1 is 1.09 bits per heavy atom. The molecule has 1 saturated heterocycles. The quantitative estimate of drug-likeness (QED) is 0.399. The third kappa shape index (κ3) is 4.55. The highest BCUT2D eigenvalue weighted by atomic mass is 16.5. The molecule has 2 N–H and O–H groups in total. The number of fused-ring (bicyclic) bond motifs is 1. The average Bonchev–Trinajstić information content (AvgIpc) is 3.33. The van der Waals surface area contributed by atoms with Crippen molar-refractivity contribution < 1.29 is 28.8 Å². The molecule has 1 fully saturated rings. The molecule has 0 atom stereocenters. The Morgan fingerprint density at radius 3 is 2.66 bits per heavy atom. The van der Waals surface area contributed by atoms with Crippen LogP contribution in [0.2, 0.25) is 0 Å². The molecular formula is C26H23N3O6. The number of aliphatic hydroxyl groups excluding tert-OH is 1. The number of methoxy groups -OCH3 is 1. The Balaban J connectivity index is 1.52. The standard InChI is InChI=1S/C26H23N3O6/c1-32-22-11-17(26(30)31)14-29-24(22)23-12-20-25(35-23)19(4-7-28-20)15-2-3-21(16(10-15)13-27)34-18-5-8-33-9-6-18/h2-4,7,10-12,14,18,26,30-31H,5-6,8-9H2,1H3. The highest BCUT2D eigenvalue weighted by Crippen LogP contribution is 2.37. The molecular weight excluding hydrogens is 450 g/mol. The molecule has 1 aliphatic heterocycles. The molecule has 9 heteroatoms. The molecule has 0 bridgehead atoms. The van der Waals surface area contributed by atoms with Gasteiger partial charge in [0.1, 0.15) is 34.9 Å². The molecule has 3 aromatic heterocycles. The van der Waals surface area contributed by atoms with Crippen molar-refractivity contribution in [2.75, 3.05) is 20.3 Å². The van der Waals surface area contributed by atoms with Crippen molar-refractivity contribution in [2.24, 2.45) is 0 Å². The van der Waals surface area contributed by atoms with Gasteiger partial charge < -0.3 is 28.8 Å². The summed E-state index contributed by atoms with van der Waals surface area (Å²) in [5, 5.41) is 28.6. The van der Waals surface area contributed by atoms with Crippen LogP contribution in [0.3, 0.4) is 0 Å². The second-order valence-corrected chi connectivity index (χ2v) is 8.13. The number of hydrogen-bond acceptors (Lipinski definition) is 9. The van der Waals surface area contributed by atoms with E-state index in [1.807, 2.05) is 18.2 Å². The number of rotatable bonds is 6. The first kappa shape index (κ1) is 22.8. The lowest BCUT2D eigenvalue weighted by Gasteiger charge is -2.23. The van der Waals surface area contributed by atoms with Crippen molar-refractivity contribution >= 4 is 11.1 Å². The van der Waals surface area contributed by atoms with Crippen molar-refractivity contribution in [2.45, 2.75) is 25.2 Å². The molecule has 0 amide bonds. The summed E-state index contributed by atoms with van der Waals surface area (Å²) in [5.41, 5.74) is 3.72. The number of hydrogen-bond donors (Lipinski definition) is 2. The van der Waals surface area contributed by atoms with Crippen LogP contribution in [0.5, 0.6) is 11.5 Å². The lowest BCUT2D eigenvalue weighted by Crippen LogP contribution is -2.26. The molecule has 0 radical (unpaired) electrons. The van der Waals surface area contributed by atoms with Crippen LogP contribution in [-0.2, 0) is 4.74 Å². The summed E-state index contributed by atoms with van der Waals surface area (Å²) in [6.45, 7) is 1.31. The third-order valence-corrected chi connectivity index (χ3v) is 5.91. The van der Waals surface area contributed by atoms with Crippen molar-refractivity contribution in [1.29, 1.82) is 5.26 Å². The molecule has 0 unspecified atom stereocenters. The van der Waals surface area contributed by atoms with E-state index in [0.717, 1.165) is 24.0 Å². The Morgan fingerprint density at radius 2 is 1.91 bits per heavy atom. The Kier molecular flexibility index (Phi) is 6.33. The Hall–Kier alpha value is -3.97. The van der Waals surface area contributed by atoms with Crippen molar-refractivity contribution in [3.05, 3.63) is 59.9 Å². The van der Waals surface area contributed by atoms with Crippen LogP contribution in [0, 0.1) is 11.3 Å². The van der Waals surface area contributed by atoms with Gasteiger partial charge in [0, 0.05) is 42.4 Å². The molecule has 1 aromatic carbocycles. The molecule has 0 aliphatic carbocycles. The maximum absolute atomic E-state index is 9.76.